The van der Waals surface area contributed by atoms with Crippen molar-refractivity contribution in [3.05, 3.63) is 29.8 Å². The minimum Gasteiger partial charge on any atom is -0.351 e. The number of amides is 1. The molecule has 1 fully saturated rings. The third-order valence-electron chi connectivity index (χ3n) is 6.14. The van der Waals surface area contributed by atoms with Crippen LogP contribution in [0.3, 0.4) is 0 Å². The van der Waals surface area contributed by atoms with Crippen LogP contribution >= 0.6 is 0 Å². The van der Waals surface area contributed by atoms with Crippen molar-refractivity contribution in [3.63, 3.8) is 0 Å². The maximum absolute atomic E-state index is 13.1. The number of likely N-dealkylation sites (tertiary alicyclic amines) is 1. The van der Waals surface area contributed by atoms with Crippen LogP contribution in [-0.2, 0) is 14.8 Å². The van der Waals surface area contributed by atoms with E-state index in [-0.39, 0.29) is 28.6 Å². The molecular weight excluding hydrogens is 400 g/mol. The molecular formula is C22H34N4O3S. The van der Waals surface area contributed by atoms with Gasteiger partial charge in [-0.05, 0) is 43.9 Å². The topological polar surface area (TPSA) is 90.9 Å². The molecule has 0 radical (unpaired) electrons. The van der Waals surface area contributed by atoms with Crippen molar-refractivity contribution in [2.45, 2.75) is 69.9 Å². The maximum atomic E-state index is 13.1. The molecule has 8 heteroatoms. The molecule has 1 aromatic carbocycles. The molecule has 0 saturated carbocycles. The van der Waals surface area contributed by atoms with E-state index in [0.717, 1.165) is 38.9 Å². The zero-order valence-electron chi connectivity index (χ0n) is 18.2. The van der Waals surface area contributed by atoms with E-state index in [1.54, 1.807) is 24.3 Å². The van der Waals surface area contributed by atoms with Crippen molar-refractivity contribution in [2.75, 3.05) is 19.6 Å². The minimum absolute atomic E-state index is 0.000547. The Labute approximate surface area is 180 Å². The van der Waals surface area contributed by atoms with Crippen molar-refractivity contribution in [3.8, 4) is 0 Å². The van der Waals surface area contributed by atoms with E-state index in [9.17, 15) is 13.2 Å². The van der Waals surface area contributed by atoms with E-state index in [2.05, 4.69) is 26.9 Å². The van der Waals surface area contributed by atoms with Crippen LogP contribution in [0.4, 0.5) is 0 Å². The third kappa shape index (κ3) is 5.21. The molecule has 2 atom stereocenters. The van der Waals surface area contributed by atoms with Gasteiger partial charge < -0.3 is 10.2 Å². The number of aliphatic imine (C=N–C) groups is 1. The van der Waals surface area contributed by atoms with Crippen LogP contribution in [0.5, 0.6) is 0 Å². The molecule has 2 aliphatic heterocycles. The van der Waals surface area contributed by atoms with Crippen molar-refractivity contribution in [1.82, 2.24) is 14.9 Å². The first-order chi connectivity index (χ1) is 14.4. The number of nitrogens with zero attached hydrogens (tertiary/aromatic N) is 2. The van der Waals surface area contributed by atoms with Gasteiger partial charge in [0, 0.05) is 24.7 Å². The number of benzene rings is 1. The van der Waals surface area contributed by atoms with Gasteiger partial charge in [0.1, 0.15) is 11.9 Å². The Morgan fingerprint density at radius 2 is 1.97 bits per heavy atom. The Kier molecular flexibility index (Phi) is 7.52. The number of nitrogens with one attached hydrogen (secondary N) is 2. The SMILES string of the molecule is CCCCN1CCC(NC(=O)[C@@H](N=C2NS(=O)(=O)c3ccccc32)[C@@H](C)CC)CC1. The number of sulfonamides is 1. The Bertz CT molecular complexity index is 876. The molecule has 1 aromatic rings. The fraction of sp³-hybridized carbons (Fsp3) is 0.636. The molecule has 2 N–H and O–H groups in total. The molecule has 0 spiro atoms. The van der Waals surface area contributed by atoms with E-state index in [1.165, 1.54) is 12.8 Å². The summed E-state index contributed by atoms with van der Waals surface area (Å²) in [6.45, 7) is 9.33. The maximum Gasteiger partial charge on any atom is 0.263 e. The molecule has 0 aromatic heterocycles. The molecule has 7 nitrogen and oxygen atoms in total. The van der Waals surface area contributed by atoms with Crippen molar-refractivity contribution < 1.29 is 13.2 Å². The molecule has 1 saturated heterocycles. The lowest BCUT2D eigenvalue weighted by molar-refractivity contribution is -0.124. The lowest BCUT2D eigenvalue weighted by Crippen LogP contribution is -2.48. The molecule has 1 amide bonds. The number of rotatable bonds is 8. The molecule has 2 heterocycles. The second-order valence-electron chi connectivity index (χ2n) is 8.39. The number of fused-ring (bicyclic) bond motifs is 1. The molecule has 2 aliphatic rings. The number of amidine groups is 1. The summed E-state index contributed by atoms with van der Waals surface area (Å²) >= 11 is 0. The van der Waals surface area contributed by atoms with E-state index in [1.807, 2.05) is 13.8 Å². The van der Waals surface area contributed by atoms with Gasteiger partial charge >= 0.3 is 0 Å². The quantitative estimate of drug-likeness (QED) is 0.658. The van der Waals surface area contributed by atoms with Crippen molar-refractivity contribution in [2.24, 2.45) is 10.9 Å². The van der Waals surface area contributed by atoms with Crippen LogP contribution in [0, 0.1) is 5.92 Å². The fourth-order valence-electron chi connectivity index (χ4n) is 4.01. The van der Waals surface area contributed by atoms with Gasteiger partial charge in [-0.15, -0.1) is 0 Å². The smallest absolute Gasteiger partial charge is 0.263 e. The summed E-state index contributed by atoms with van der Waals surface area (Å²) in [5, 5.41) is 3.18. The van der Waals surface area contributed by atoms with Crippen molar-refractivity contribution in [1.29, 1.82) is 0 Å². The molecule has 0 unspecified atom stereocenters. The summed E-state index contributed by atoms with van der Waals surface area (Å²) in [5.74, 6) is 0.146. The molecule has 0 bridgehead atoms. The zero-order valence-corrected chi connectivity index (χ0v) is 19.0. The molecule has 166 valence electrons. The Morgan fingerprint density at radius 3 is 2.63 bits per heavy atom. The highest BCUT2D eigenvalue weighted by Crippen LogP contribution is 2.24. The molecule has 0 aliphatic carbocycles. The highest BCUT2D eigenvalue weighted by Gasteiger charge is 2.33. The first-order valence-electron chi connectivity index (χ1n) is 11.1. The average molecular weight is 435 g/mol. The molecule has 3 rings (SSSR count). The van der Waals surface area contributed by atoms with Gasteiger partial charge in [0.05, 0.1) is 4.90 Å². The number of carbonyl (C=O) groups is 1. The summed E-state index contributed by atoms with van der Waals surface area (Å²) in [6, 6.07) is 6.27. The highest BCUT2D eigenvalue weighted by molar-refractivity contribution is 7.90. The lowest BCUT2D eigenvalue weighted by Gasteiger charge is -2.33. The number of carbonyl (C=O) groups excluding carboxylic acids is 1. The second kappa shape index (κ2) is 9.92. The zero-order chi connectivity index (χ0) is 21.7. The first-order valence-corrected chi connectivity index (χ1v) is 12.6. The van der Waals surface area contributed by atoms with Crippen LogP contribution in [0.15, 0.2) is 34.2 Å². The van der Waals surface area contributed by atoms with Gasteiger partial charge in [-0.1, -0.05) is 45.7 Å². The van der Waals surface area contributed by atoms with E-state index < -0.39 is 16.1 Å². The second-order valence-corrected chi connectivity index (χ2v) is 10.0. The third-order valence-corrected chi connectivity index (χ3v) is 7.54. The number of hydrogen-bond donors (Lipinski definition) is 2. The number of unbranched alkanes of at least 4 members (excludes halogenated alkanes) is 1. The predicted molar refractivity (Wildman–Crippen MR) is 119 cm³/mol. The Morgan fingerprint density at radius 1 is 1.27 bits per heavy atom. The average Bonchev–Trinajstić information content (AvgIpc) is 3.01. The largest absolute Gasteiger partial charge is 0.351 e. The summed E-state index contributed by atoms with van der Waals surface area (Å²) in [4.78, 5) is 20.4. The van der Waals surface area contributed by atoms with Crippen LogP contribution in [0.2, 0.25) is 0 Å². The summed E-state index contributed by atoms with van der Waals surface area (Å²) in [7, 11) is -3.62. The van der Waals surface area contributed by atoms with E-state index in [4.69, 9.17) is 0 Å². The Hall–Kier alpha value is -1.93. The van der Waals surface area contributed by atoms with Crippen LogP contribution in [0.1, 0.15) is 58.4 Å². The standard InChI is InChI=1S/C22H34N4O3S/c1-4-6-13-26-14-11-17(12-15-26)23-22(27)20(16(3)5-2)24-21-18-9-7-8-10-19(18)30(28,29)25-21/h7-10,16-17,20H,4-6,11-15H2,1-3H3,(H,23,27)(H,24,25)/t16-,20-/m0/s1. The summed E-state index contributed by atoms with van der Waals surface area (Å²) in [5.41, 5.74) is 0.530. The Balaban J connectivity index is 1.71. The highest BCUT2D eigenvalue weighted by atomic mass is 32.2. The van der Waals surface area contributed by atoms with Crippen molar-refractivity contribution >= 4 is 21.8 Å². The van der Waals surface area contributed by atoms with Gasteiger partial charge in [-0.25, -0.2) is 8.42 Å². The van der Waals surface area contributed by atoms with Gasteiger partial charge in [0.2, 0.25) is 5.91 Å². The van der Waals surface area contributed by atoms with Gasteiger partial charge in [-0.3, -0.25) is 14.5 Å². The number of piperidine rings is 1. The van der Waals surface area contributed by atoms with Crippen LogP contribution in [0.25, 0.3) is 0 Å². The van der Waals surface area contributed by atoms with Crippen LogP contribution < -0.4 is 10.0 Å². The number of hydrogen-bond acceptors (Lipinski definition) is 5. The van der Waals surface area contributed by atoms with Crippen LogP contribution in [-0.4, -0.2) is 56.8 Å². The summed E-state index contributed by atoms with van der Waals surface area (Å²) < 4.78 is 27.3. The fourth-order valence-corrected chi connectivity index (χ4v) is 5.24. The van der Waals surface area contributed by atoms with Gasteiger partial charge in [0.15, 0.2) is 0 Å². The normalized spacial score (nSPS) is 22.3. The monoisotopic (exact) mass is 434 g/mol. The predicted octanol–water partition coefficient (Wildman–Crippen LogP) is 2.52. The minimum atomic E-state index is -3.62. The first kappa shape index (κ1) is 22.7. The van der Waals surface area contributed by atoms with Gasteiger partial charge in [0.25, 0.3) is 10.0 Å². The van der Waals surface area contributed by atoms with Gasteiger partial charge in [-0.2, -0.15) is 0 Å². The lowest BCUT2D eigenvalue weighted by atomic mass is 9.97. The summed E-state index contributed by atoms with van der Waals surface area (Å²) in [6.07, 6.45) is 5.06. The molecule has 30 heavy (non-hydrogen) atoms. The van der Waals surface area contributed by atoms with E-state index in [0.29, 0.717) is 5.56 Å². The van der Waals surface area contributed by atoms with E-state index >= 15 is 0 Å².